The second-order valence-electron chi connectivity index (χ2n) is 5.87. The summed E-state index contributed by atoms with van der Waals surface area (Å²) in [6.45, 7) is 7.31. The van der Waals surface area contributed by atoms with E-state index < -0.39 is 0 Å². The predicted molar refractivity (Wildman–Crippen MR) is 68.7 cm³/mol. The van der Waals surface area contributed by atoms with Crippen molar-refractivity contribution in [3.8, 4) is 0 Å². The normalized spacial score (nSPS) is 20.3. The molecule has 1 aliphatic rings. The summed E-state index contributed by atoms with van der Waals surface area (Å²) in [6.07, 6.45) is 1.08. The van der Waals surface area contributed by atoms with Gasteiger partial charge in [0.05, 0.1) is 12.5 Å². The highest BCUT2D eigenvalue weighted by Crippen LogP contribution is 2.31. The fourth-order valence-corrected chi connectivity index (χ4v) is 2.25. The second-order valence-corrected chi connectivity index (χ2v) is 5.87. The third-order valence-corrected chi connectivity index (χ3v) is 3.30. The van der Waals surface area contributed by atoms with Crippen LogP contribution in [0.1, 0.15) is 44.8 Å². The van der Waals surface area contributed by atoms with Crippen molar-refractivity contribution in [3.05, 3.63) is 11.7 Å². The fourth-order valence-electron chi connectivity index (χ4n) is 2.25. The average Bonchev–Trinajstić information content (AvgIpc) is 2.91. The van der Waals surface area contributed by atoms with Crippen LogP contribution in [-0.4, -0.2) is 46.7 Å². The zero-order valence-corrected chi connectivity index (χ0v) is 12.0. The third kappa shape index (κ3) is 3.12. The molecule has 1 aromatic rings. The molecule has 0 saturated carbocycles. The van der Waals surface area contributed by atoms with Crippen molar-refractivity contribution in [1.29, 1.82) is 0 Å². The van der Waals surface area contributed by atoms with E-state index in [0.29, 0.717) is 37.7 Å². The zero-order chi connectivity index (χ0) is 14.0. The maximum atomic E-state index is 12.0. The molecule has 1 aromatic heterocycles. The first kappa shape index (κ1) is 14.0. The van der Waals surface area contributed by atoms with E-state index in [2.05, 4.69) is 10.1 Å². The van der Waals surface area contributed by atoms with E-state index in [0.717, 1.165) is 0 Å². The number of nitrogens with zero attached hydrogens (tertiary/aromatic N) is 3. The van der Waals surface area contributed by atoms with E-state index in [-0.39, 0.29) is 17.4 Å². The molecule has 0 bridgehead atoms. The summed E-state index contributed by atoms with van der Waals surface area (Å²) < 4.78 is 10.2. The van der Waals surface area contributed by atoms with E-state index in [1.807, 2.05) is 25.7 Å². The molecule has 1 atom stereocenters. The van der Waals surface area contributed by atoms with Crippen molar-refractivity contribution in [3.63, 3.8) is 0 Å². The molecular weight excluding hydrogens is 246 g/mol. The van der Waals surface area contributed by atoms with Crippen LogP contribution in [0.3, 0.4) is 0 Å². The Bertz CT molecular complexity index is 450. The first-order chi connectivity index (χ1) is 8.91. The largest absolute Gasteiger partial charge is 0.384 e. The number of aromatic nitrogens is 2. The zero-order valence-electron chi connectivity index (χ0n) is 12.0. The smallest absolute Gasteiger partial charge is 0.232 e. The van der Waals surface area contributed by atoms with E-state index in [1.165, 1.54) is 0 Å². The van der Waals surface area contributed by atoms with Gasteiger partial charge in [0.2, 0.25) is 11.8 Å². The average molecular weight is 267 g/mol. The molecule has 2 rings (SSSR count). The molecule has 0 aliphatic carbocycles. The number of likely N-dealkylation sites (tertiary alicyclic amines) is 1. The number of ether oxygens (including phenoxy) is 1. The van der Waals surface area contributed by atoms with Gasteiger partial charge < -0.3 is 14.2 Å². The minimum Gasteiger partial charge on any atom is -0.384 e. The summed E-state index contributed by atoms with van der Waals surface area (Å²) in [5.74, 6) is 1.36. The Balaban J connectivity index is 2.04. The van der Waals surface area contributed by atoms with Crippen LogP contribution in [0.2, 0.25) is 0 Å². The van der Waals surface area contributed by atoms with Gasteiger partial charge in [0.15, 0.2) is 5.82 Å². The quantitative estimate of drug-likeness (QED) is 0.824. The van der Waals surface area contributed by atoms with Crippen LogP contribution in [0.15, 0.2) is 4.52 Å². The second kappa shape index (κ2) is 5.28. The van der Waals surface area contributed by atoms with Crippen LogP contribution in [0.5, 0.6) is 0 Å². The van der Waals surface area contributed by atoms with Gasteiger partial charge >= 0.3 is 0 Å². The Morgan fingerprint density at radius 1 is 1.47 bits per heavy atom. The van der Waals surface area contributed by atoms with Gasteiger partial charge in [0.25, 0.3) is 0 Å². The first-order valence-corrected chi connectivity index (χ1v) is 6.53. The molecular formula is C13H21N3O3. The van der Waals surface area contributed by atoms with Crippen LogP contribution < -0.4 is 0 Å². The number of hydrogen-bond acceptors (Lipinski definition) is 5. The van der Waals surface area contributed by atoms with Gasteiger partial charge in [-0.3, -0.25) is 4.79 Å². The molecule has 1 amide bonds. The molecule has 1 saturated heterocycles. The first-order valence-electron chi connectivity index (χ1n) is 6.53. The Morgan fingerprint density at radius 2 is 2.21 bits per heavy atom. The lowest BCUT2D eigenvalue weighted by Gasteiger charge is -2.31. The van der Waals surface area contributed by atoms with Crippen LogP contribution in [0.4, 0.5) is 0 Å². The lowest BCUT2D eigenvalue weighted by molar-refractivity contribution is -0.131. The predicted octanol–water partition coefficient (Wildman–Crippen LogP) is 1.37. The number of methoxy groups -OCH3 is 1. The van der Waals surface area contributed by atoms with Gasteiger partial charge in [-0.05, 0) is 20.8 Å². The summed E-state index contributed by atoms with van der Waals surface area (Å²) in [5, 5.41) is 3.91. The highest BCUT2D eigenvalue weighted by atomic mass is 16.5. The summed E-state index contributed by atoms with van der Waals surface area (Å²) >= 11 is 0. The van der Waals surface area contributed by atoms with Gasteiger partial charge in [-0.1, -0.05) is 5.16 Å². The van der Waals surface area contributed by atoms with Crippen molar-refractivity contribution in [2.24, 2.45) is 0 Å². The SMILES string of the molecule is COCCc1noc([C@H]2CC(=O)N(C(C)(C)C)C2)n1. The summed E-state index contributed by atoms with van der Waals surface area (Å²) in [5.41, 5.74) is -0.162. The monoisotopic (exact) mass is 267 g/mol. The molecule has 2 heterocycles. The van der Waals surface area contributed by atoms with E-state index in [4.69, 9.17) is 9.26 Å². The fraction of sp³-hybridized carbons (Fsp3) is 0.769. The highest BCUT2D eigenvalue weighted by Gasteiger charge is 2.39. The molecule has 19 heavy (non-hydrogen) atoms. The van der Waals surface area contributed by atoms with E-state index in [1.54, 1.807) is 7.11 Å². The number of hydrogen-bond donors (Lipinski definition) is 0. The molecule has 6 heteroatoms. The standard InChI is InChI=1S/C13H21N3O3/c1-13(2,3)16-8-9(7-11(16)17)12-14-10(15-19-12)5-6-18-4/h9H,5-8H2,1-4H3/t9-/m0/s1. The van der Waals surface area contributed by atoms with Crippen LogP contribution in [0.25, 0.3) is 0 Å². The molecule has 106 valence electrons. The molecule has 6 nitrogen and oxygen atoms in total. The minimum atomic E-state index is -0.162. The van der Waals surface area contributed by atoms with Gasteiger partial charge in [0.1, 0.15) is 0 Å². The summed E-state index contributed by atoms with van der Waals surface area (Å²) in [6, 6.07) is 0. The number of carbonyl (C=O) groups excluding carboxylic acids is 1. The Kier molecular flexibility index (Phi) is 3.89. The number of amides is 1. The molecule has 0 unspecified atom stereocenters. The minimum absolute atomic E-state index is 0.00974. The van der Waals surface area contributed by atoms with Crippen molar-refractivity contribution in [2.75, 3.05) is 20.3 Å². The van der Waals surface area contributed by atoms with Gasteiger partial charge in [-0.2, -0.15) is 4.98 Å². The molecule has 1 fully saturated rings. The van der Waals surface area contributed by atoms with E-state index in [9.17, 15) is 4.79 Å². The number of carbonyl (C=O) groups is 1. The maximum absolute atomic E-state index is 12.0. The van der Waals surface area contributed by atoms with Gasteiger partial charge in [-0.25, -0.2) is 0 Å². The van der Waals surface area contributed by atoms with Crippen LogP contribution in [-0.2, 0) is 16.0 Å². The summed E-state index contributed by atoms with van der Waals surface area (Å²) in [7, 11) is 1.64. The van der Waals surface area contributed by atoms with Crippen LogP contribution >= 0.6 is 0 Å². The molecule has 0 N–H and O–H groups in total. The summed E-state index contributed by atoms with van der Waals surface area (Å²) in [4.78, 5) is 18.2. The molecule has 1 aliphatic heterocycles. The lowest BCUT2D eigenvalue weighted by atomic mass is 10.1. The number of rotatable bonds is 4. The van der Waals surface area contributed by atoms with Crippen molar-refractivity contribution < 1.29 is 14.1 Å². The van der Waals surface area contributed by atoms with E-state index >= 15 is 0 Å². The van der Waals surface area contributed by atoms with Crippen molar-refractivity contribution in [2.45, 2.75) is 45.1 Å². The van der Waals surface area contributed by atoms with Crippen molar-refractivity contribution >= 4 is 5.91 Å². The van der Waals surface area contributed by atoms with Crippen molar-refractivity contribution in [1.82, 2.24) is 15.0 Å². The Morgan fingerprint density at radius 3 is 2.79 bits per heavy atom. The Hall–Kier alpha value is -1.43. The van der Waals surface area contributed by atoms with Gasteiger partial charge in [0, 0.05) is 32.0 Å². The lowest BCUT2D eigenvalue weighted by Crippen LogP contribution is -2.42. The molecule has 0 aromatic carbocycles. The maximum Gasteiger partial charge on any atom is 0.232 e. The molecule has 0 spiro atoms. The Labute approximate surface area is 113 Å². The third-order valence-electron chi connectivity index (χ3n) is 3.30. The molecule has 0 radical (unpaired) electrons. The highest BCUT2D eigenvalue weighted by molar-refractivity contribution is 5.80. The van der Waals surface area contributed by atoms with Crippen LogP contribution in [0, 0.1) is 0 Å². The topological polar surface area (TPSA) is 68.5 Å². The van der Waals surface area contributed by atoms with Gasteiger partial charge in [-0.15, -0.1) is 0 Å².